The molecule has 4 aromatic rings. The lowest BCUT2D eigenvalue weighted by molar-refractivity contribution is -0.136. The second-order valence-electron chi connectivity index (χ2n) is 19.6. The number of amides is 10. The third-order valence-corrected chi connectivity index (χ3v) is 15.7. The van der Waals surface area contributed by atoms with Crippen molar-refractivity contribution in [2.45, 2.75) is 119 Å². The average Bonchev–Trinajstić information content (AvgIpc) is 3.44. The van der Waals surface area contributed by atoms with Gasteiger partial charge in [0, 0.05) is 35.9 Å². The molecule has 9 atom stereocenters. The molecular weight excluding hydrogens is 1120 g/mol. The monoisotopic (exact) mass is 1190 g/mol. The van der Waals surface area contributed by atoms with Gasteiger partial charge in [0.2, 0.25) is 47.3 Å². The smallest absolute Gasteiger partial charge is 0.312 e. The molecule has 1 fully saturated rings. The first-order valence-corrected chi connectivity index (χ1v) is 29.2. The van der Waals surface area contributed by atoms with Gasteiger partial charge in [-0.2, -0.15) is 0 Å². The lowest BCUT2D eigenvalue weighted by atomic mass is 10.00. The Hall–Kier alpha value is -7.62. The largest absolute Gasteiger partial charge is 0.508 e. The number of halogens is 1. The van der Waals surface area contributed by atoms with Crippen molar-refractivity contribution in [3.8, 4) is 11.5 Å². The quantitative estimate of drug-likeness (QED) is 0.0376. The number of phenolic OH excluding ortho intramolecular Hbond substituents is 2. The highest BCUT2D eigenvalue weighted by molar-refractivity contribution is 8.76. The van der Waals surface area contributed by atoms with Crippen LogP contribution in [0.2, 0.25) is 5.02 Å². The zero-order valence-corrected chi connectivity index (χ0v) is 47.3. The van der Waals surface area contributed by atoms with Crippen LogP contribution >= 0.6 is 33.2 Å². The van der Waals surface area contributed by atoms with E-state index in [2.05, 4.69) is 42.5 Å². The second-order valence-corrected chi connectivity index (χ2v) is 22.6. The van der Waals surface area contributed by atoms with E-state index in [0.29, 0.717) is 39.3 Å². The maximum atomic E-state index is 14.8. The number of phenols is 2. The molecule has 24 nitrogen and oxygen atoms in total. The van der Waals surface area contributed by atoms with Crippen LogP contribution in [0.4, 0.5) is 4.79 Å². The summed E-state index contributed by atoms with van der Waals surface area (Å²) in [6, 6.07) is 12.8. The number of aryl methyl sites for hydroxylation is 1. The highest BCUT2D eigenvalue weighted by atomic mass is 35.5. The van der Waals surface area contributed by atoms with Crippen molar-refractivity contribution < 1.29 is 58.5 Å². The minimum atomic E-state index is -1.75. The van der Waals surface area contributed by atoms with E-state index in [1.807, 2.05) is 0 Å². The minimum Gasteiger partial charge on any atom is -0.508 e. The number of aliphatic hydroxyl groups excluding tert-OH is 1. The maximum absolute atomic E-state index is 14.8. The molecule has 442 valence electrons. The molecule has 10 amide bonds. The number of unbranched alkanes of at least 4 members (excludes halogenated alkanes) is 1. The van der Waals surface area contributed by atoms with E-state index in [-0.39, 0.29) is 81.0 Å². The third kappa shape index (κ3) is 21.7. The Labute approximate surface area is 486 Å². The van der Waals surface area contributed by atoms with Crippen molar-refractivity contribution in [2.24, 2.45) is 22.9 Å². The molecule has 0 saturated carbocycles. The summed E-state index contributed by atoms with van der Waals surface area (Å²) in [5, 5.41) is 52.4. The summed E-state index contributed by atoms with van der Waals surface area (Å²) in [6.45, 7) is 1.51. The number of hydrogen-bond donors (Lipinski definition) is 15. The van der Waals surface area contributed by atoms with Crippen LogP contribution in [0.5, 0.6) is 11.5 Å². The molecule has 0 aliphatic carbocycles. The number of urea groups is 1. The first kappa shape index (κ1) is 65.2. The lowest BCUT2D eigenvalue weighted by Gasteiger charge is -2.29. The molecule has 0 aromatic heterocycles. The molecule has 4 aromatic carbocycles. The normalized spacial score (nSPS) is 20.7. The molecule has 0 unspecified atom stereocenters. The van der Waals surface area contributed by atoms with Gasteiger partial charge in [0.15, 0.2) is 0 Å². The molecule has 5 rings (SSSR count). The van der Waals surface area contributed by atoms with Gasteiger partial charge in [0.1, 0.15) is 53.8 Å². The van der Waals surface area contributed by atoms with Crippen molar-refractivity contribution >= 4 is 86.5 Å². The molecular formula is C55H71ClN12O12S2. The molecule has 1 aliphatic rings. The number of hydrogen-bond acceptors (Lipinski definition) is 16. The van der Waals surface area contributed by atoms with Gasteiger partial charge >= 0.3 is 6.03 Å². The number of aliphatic hydroxyl groups is 1. The van der Waals surface area contributed by atoms with Gasteiger partial charge in [-0.25, -0.2) is 4.79 Å². The van der Waals surface area contributed by atoms with E-state index in [0.717, 1.165) is 21.6 Å². The lowest BCUT2D eigenvalue weighted by Crippen LogP contribution is -2.62. The van der Waals surface area contributed by atoms with Crippen LogP contribution in [0, 0.1) is 0 Å². The van der Waals surface area contributed by atoms with E-state index < -0.39 is 108 Å². The number of aromatic hydroxyl groups is 2. The van der Waals surface area contributed by atoms with Crippen LogP contribution in [0.3, 0.4) is 0 Å². The van der Waals surface area contributed by atoms with Gasteiger partial charge in [-0.05, 0) is 116 Å². The molecule has 19 N–H and O–H groups in total. The highest BCUT2D eigenvalue weighted by Crippen LogP contribution is 2.24. The summed E-state index contributed by atoms with van der Waals surface area (Å²) >= 11 is 6.08. The van der Waals surface area contributed by atoms with Gasteiger partial charge in [-0.15, -0.1) is 0 Å². The highest BCUT2D eigenvalue weighted by Gasteiger charge is 2.36. The minimum absolute atomic E-state index is 0.00367. The first-order chi connectivity index (χ1) is 39.1. The number of carbonyl (C=O) groups is 9. The fourth-order valence-electron chi connectivity index (χ4n) is 8.38. The number of rotatable bonds is 21. The van der Waals surface area contributed by atoms with Gasteiger partial charge in [0.25, 0.3) is 0 Å². The number of benzene rings is 4. The number of nitrogens with two attached hydrogens (primary N) is 4. The first-order valence-electron chi connectivity index (χ1n) is 26.3. The zero-order valence-electron chi connectivity index (χ0n) is 44.9. The van der Waals surface area contributed by atoms with Crippen molar-refractivity contribution in [1.29, 1.82) is 0 Å². The average molecular weight is 1190 g/mol. The Balaban J connectivity index is 1.56. The van der Waals surface area contributed by atoms with Crippen LogP contribution < -0.4 is 65.5 Å². The molecule has 1 aliphatic heterocycles. The Bertz CT molecular complexity index is 2820. The van der Waals surface area contributed by atoms with E-state index in [9.17, 15) is 58.5 Å². The predicted octanol–water partition coefficient (Wildman–Crippen LogP) is -0.309. The Kier molecular flexibility index (Phi) is 26.0. The second kappa shape index (κ2) is 32.7. The van der Waals surface area contributed by atoms with Crippen molar-refractivity contribution in [2.75, 3.05) is 18.1 Å². The van der Waals surface area contributed by atoms with Crippen LogP contribution in [-0.4, -0.2) is 141 Å². The van der Waals surface area contributed by atoms with Crippen LogP contribution in [0.1, 0.15) is 60.4 Å². The van der Waals surface area contributed by atoms with Crippen molar-refractivity contribution in [1.82, 2.24) is 42.5 Å². The van der Waals surface area contributed by atoms with E-state index in [4.69, 9.17) is 34.5 Å². The molecule has 1 saturated heterocycles. The summed E-state index contributed by atoms with van der Waals surface area (Å²) in [6.07, 6.45) is -1.11. The number of carbonyl (C=O) groups excluding carboxylic acids is 9. The van der Waals surface area contributed by atoms with Gasteiger partial charge in [-0.3, -0.25) is 38.4 Å². The van der Waals surface area contributed by atoms with E-state index in [1.165, 1.54) is 43.3 Å². The van der Waals surface area contributed by atoms with Crippen LogP contribution in [0.25, 0.3) is 0 Å². The topological polar surface area (TPSA) is 415 Å². The fraction of sp³-hybridized carbons (Fsp3) is 0.400. The Morgan fingerprint density at radius 3 is 1.73 bits per heavy atom. The van der Waals surface area contributed by atoms with Crippen molar-refractivity contribution in [3.63, 3.8) is 0 Å². The SMILES string of the molecule is C[C@@H](O)[C@@H]1NC(=O)[C@H](CCCCN)NC(=O)[C@@H](Cc2ccc(CNC(N)=O)cc2)NC(=O)[C@H](Cc2ccc(O)cc2)NC(=O)[C@H](NC(=O)[C@@H](N)Cc2ccc(Cl)cc2)CSSC[C@@H](C(=O)N[C@H](CCc2ccc(O)cc2)C(N)=O)NC1=O. The zero-order chi connectivity index (χ0) is 59.9. The summed E-state index contributed by atoms with van der Waals surface area (Å²) in [7, 11) is 1.93. The number of primary amides is 2. The summed E-state index contributed by atoms with van der Waals surface area (Å²) < 4.78 is 0. The summed E-state index contributed by atoms with van der Waals surface area (Å²) in [5.41, 5.74) is 26.2. The third-order valence-electron chi connectivity index (χ3n) is 13.1. The maximum Gasteiger partial charge on any atom is 0.312 e. The van der Waals surface area contributed by atoms with Gasteiger partial charge in [0.05, 0.1) is 12.1 Å². The predicted molar refractivity (Wildman–Crippen MR) is 310 cm³/mol. The standard InChI is InChI=1S/C55H71ClN12O12S2/c1-30(69)46-54(79)67-45(52(77)62-40(47(59)72)22-15-31-11-18-37(70)19-12-31)29-82-81-28-44(66-48(73)39(58)24-32-9-16-36(56)17-10-32)53(78)65-43(26-34-13-20-38(71)21-14-34)51(76)64-42(25-33-5-7-35(8-6-33)27-61-55(60)80)50(75)63-41(49(74)68-46)4-2-3-23-57/h5-14,16-21,30,39-46,69-71H,2-4,15,22-29,57-58H2,1H3,(H2,59,72)(H,62,77)(H,63,75)(H,64,76)(H,65,78)(H,66,73)(H,67,79)(H,68,74)(H3,60,61,80)/t30-,39+,40-,41+,42-,43+,44-,45+,46+/m1/s1. The number of nitrogens with one attached hydrogen (secondary N) is 8. The molecule has 1 heterocycles. The summed E-state index contributed by atoms with van der Waals surface area (Å²) in [5.74, 6) is -7.81. The summed E-state index contributed by atoms with van der Waals surface area (Å²) in [4.78, 5) is 125. The Morgan fingerprint density at radius 1 is 0.659 bits per heavy atom. The molecule has 82 heavy (non-hydrogen) atoms. The molecule has 27 heteroatoms. The van der Waals surface area contributed by atoms with Crippen LogP contribution in [0.15, 0.2) is 97.1 Å². The van der Waals surface area contributed by atoms with Gasteiger partial charge < -0.3 is 80.8 Å². The molecule has 0 bridgehead atoms. The fourth-order valence-corrected chi connectivity index (χ4v) is 10.8. The van der Waals surface area contributed by atoms with E-state index in [1.54, 1.807) is 60.7 Å². The van der Waals surface area contributed by atoms with Gasteiger partial charge in [-0.1, -0.05) is 93.9 Å². The van der Waals surface area contributed by atoms with Crippen LogP contribution in [-0.2, 0) is 70.6 Å². The van der Waals surface area contributed by atoms with Crippen molar-refractivity contribution in [3.05, 3.63) is 130 Å². The molecule has 0 radical (unpaired) electrons. The van der Waals surface area contributed by atoms with E-state index >= 15 is 0 Å². The Morgan fingerprint density at radius 2 is 1.17 bits per heavy atom. The molecule has 0 spiro atoms.